The molecule has 100 valence electrons. The van der Waals surface area contributed by atoms with Crippen molar-refractivity contribution >= 4 is 0 Å². The van der Waals surface area contributed by atoms with E-state index in [0.29, 0.717) is 18.0 Å². The van der Waals surface area contributed by atoms with Gasteiger partial charge in [-0.05, 0) is 36.3 Å². The molecule has 0 aromatic heterocycles. The van der Waals surface area contributed by atoms with Gasteiger partial charge < -0.3 is 5.73 Å². The van der Waals surface area contributed by atoms with Gasteiger partial charge in [-0.25, -0.2) is 0 Å². The lowest BCUT2D eigenvalue weighted by molar-refractivity contribution is -0.0331. The summed E-state index contributed by atoms with van der Waals surface area (Å²) in [4.78, 5) is 2.59. The molecule has 2 nitrogen and oxygen atoms in total. The highest BCUT2D eigenvalue weighted by atomic mass is 15.2. The van der Waals surface area contributed by atoms with E-state index in [2.05, 4.69) is 49.9 Å². The van der Waals surface area contributed by atoms with Crippen LogP contribution < -0.4 is 5.73 Å². The Bertz CT molecular complexity index is 371. The van der Waals surface area contributed by atoms with E-state index < -0.39 is 0 Å². The van der Waals surface area contributed by atoms with Crippen molar-refractivity contribution in [1.82, 2.24) is 4.90 Å². The number of hydrogen-bond acceptors (Lipinski definition) is 2. The number of nitrogens with two attached hydrogens (primary N) is 1. The molecule has 0 aliphatic carbocycles. The average molecular weight is 246 g/mol. The first-order chi connectivity index (χ1) is 8.64. The molecule has 2 rings (SSSR count). The molecule has 1 atom stereocenters. The van der Waals surface area contributed by atoms with Crippen molar-refractivity contribution in [3.63, 3.8) is 0 Å². The molecule has 0 spiro atoms. The van der Waals surface area contributed by atoms with E-state index in [0.717, 1.165) is 0 Å². The first-order valence-electron chi connectivity index (χ1n) is 7.17. The summed E-state index contributed by atoms with van der Waals surface area (Å²) in [6.45, 7) is 10.1. The molecular weight excluding hydrogens is 220 g/mol. The Morgan fingerprint density at radius 1 is 1.17 bits per heavy atom. The zero-order chi connectivity index (χ0) is 13.2. The first kappa shape index (κ1) is 13.6. The molecule has 0 saturated carbocycles. The molecule has 2 N–H and O–H groups in total. The van der Waals surface area contributed by atoms with Gasteiger partial charge in [0.15, 0.2) is 0 Å². The fourth-order valence-electron chi connectivity index (χ4n) is 2.93. The number of likely N-dealkylation sites (tertiary alicyclic amines) is 1. The quantitative estimate of drug-likeness (QED) is 0.863. The Morgan fingerprint density at radius 2 is 1.72 bits per heavy atom. The lowest BCUT2D eigenvalue weighted by atomic mass is 9.74. The topological polar surface area (TPSA) is 29.3 Å². The second-order valence-electron chi connectivity index (χ2n) is 5.73. The molecule has 1 aliphatic rings. The molecule has 2 heteroatoms. The highest BCUT2D eigenvalue weighted by Crippen LogP contribution is 2.41. The summed E-state index contributed by atoms with van der Waals surface area (Å²) in [7, 11) is 0. The molecule has 1 aliphatic heterocycles. The van der Waals surface area contributed by atoms with Gasteiger partial charge in [0.05, 0.1) is 0 Å². The van der Waals surface area contributed by atoms with Crippen molar-refractivity contribution in [2.75, 3.05) is 13.1 Å². The number of rotatable bonds is 5. The van der Waals surface area contributed by atoms with Crippen molar-refractivity contribution in [2.24, 2.45) is 11.1 Å². The van der Waals surface area contributed by atoms with Crippen molar-refractivity contribution in [3.05, 3.63) is 35.4 Å². The molecule has 0 amide bonds. The van der Waals surface area contributed by atoms with Crippen LogP contribution in [0.25, 0.3) is 0 Å². The monoisotopic (exact) mass is 246 g/mol. The lowest BCUT2D eigenvalue weighted by Crippen LogP contribution is -2.56. The van der Waals surface area contributed by atoms with Crippen LogP contribution in [0.3, 0.4) is 0 Å². The van der Waals surface area contributed by atoms with E-state index in [1.807, 2.05) is 0 Å². The maximum absolute atomic E-state index is 5.63. The number of benzene rings is 1. The van der Waals surface area contributed by atoms with Gasteiger partial charge in [-0.3, -0.25) is 4.90 Å². The molecule has 1 saturated heterocycles. The molecule has 0 bridgehead atoms. The van der Waals surface area contributed by atoms with Gasteiger partial charge in [-0.15, -0.1) is 0 Å². The summed E-state index contributed by atoms with van der Waals surface area (Å²) in [6, 6.07) is 9.29. The van der Waals surface area contributed by atoms with Gasteiger partial charge in [0, 0.05) is 25.7 Å². The van der Waals surface area contributed by atoms with Crippen LogP contribution in [0.2, 0.25) is 0 Å². The minimum absolute atomic E-state index is 0.531. The lowest BCUT2D eigenvalue weighted by Gasteiger charge is -2.52. The third-order valence-electron chi connectivity index (χ3n) is 4.82. The minimum Gasteiger partial charge on any atom is -0.326 e. The Kier molecular flexibility index (Phi) is 4.08. The Morgan fingerprint density at radius 3 is 2.17 bits per heavy atom. The van der Waals surface area contributed by atoms with Gasteiger partial charge in [0.25, 0.3) is 0 Å². The predicted molar refractivity (Wildman–Crippen MR) is 77.3 cm³/mol. The van der Waals surface area contributed by atoms with Gasteiger partial charge in [0.1, 0.15) is 0 Å². The normalized spacial score (nSPS) is 20.4. The van der Waals surface area contributed by atoms with Crippen LogP contribution in [-0.4, -0.2) is 18.0 Å². The summed E-state index contributed by atoms with van der Waals surface area (Å²) >= 11 is 0. The van der Waals surface area contributed by atoms with Crippen LogP contribution in [0.15, 0.2) is 24.3 Å². The molecule has 0 radical (unpaired) electrons. The smallest absolute Gasteiger partial charge is 0.0320 e. The Hall–Kier alpha value is -0.860. The van der Waals surface area contributed by atoms with Crippen molar-refractivity contribution < 1.29 is 0 Å². The maximum Gasteiger partial charge on any atom is 0.0320 e. The van der Waals surface area contributed by atoms with Crippen LogP contribution in [0.4, 0.5) is 0 Å². The van der Waals surface area contributed by atoms with Gasteiger partial charge in [0.2, 0.25) is 0 Å². The van der Waals surface area contributed by atoms with E-state index in [1.165, 1.54) is 37.1 Å². The van der Waals surface area contributed by atoms with Crippen molar-refractivity contribution in [1.29, 1.82) is 0 Å². The molecular formula is C16H26N2. The Balaban J connectivity index is 1.98. The fourth-order valence-corrected chi connectivity index (χ4v) is 2.93. The molecule has 1 fully saturated rings. The van der Waals surface area contributed by atoms with E-state index in [9.17, 15) is 0 Å². The minimum atomic E-state index is 0.531. The highest BCUT2D eigenvalue weighted by Gasteiger charge is 2.41. The van der Waals surface area contributed by atoms with Crippen LogP contribution in [0.1, 0.15) is 50.8 Å². The van der Waals surface area contributed by atoms with Gasteiger partial charge in [-0.1, -0.05) is 38.1 Å². The maximum atomic E-state index is 5.63. The van der Waals surface area contributed by atoms with Crippen LogP contribution >= 0.6 is 0 Å². The Labute approximate surface area is 111 Å². The van der Waals surface area contributed by atoms with Crippen LogP contribution in [0.5, 0.6) is 0 Å². The van der Waals surface area contributed by atoms with Gasteiger partial charge >= 0.3 is 0 Å². The predicted octanol–water partition coefficient (Wildman–Crippen LogP) is 3.33. The number of nitrogens with zero attached hydrogens (tertiary/aromatic N) is 1. The van der Waals surface area contributed by atoms with Crippen LogP contribution in [-0.2, 0) is 6.54 Å². The van der Waals surface area contributed by atoms with Crippen LogP contribution in [0, 0.1) is 5.41 Å². The summed E-state index contributed by atoms with van der Waals surface area (Å²) in [5.74, 6) is 0. The van der Waals surface area contributed by atoms with Crippen molar-refractivity contribution in [3.8, 4) is 0 Å². The molecule has 1 heterocycles. The summed E-state index contributed by atoms with van der Waals surface area (Å²) in [5, 5.41) is 0. The zero-order valence-electron chi connectivity index (χ0n) is 11.9. The molecule has 1 aromatic rings. The second kappa shape index (κ2) is 5.41. The van der Waals surface area contributed by atoms with Gasteiger partial charge in [-0.2, -0.15) is 0 Å². The van der Waals surface area contributed by atoms with E-state index >= 15 is 0 Å². The average Bonchev–Trinajstić information content (AvgIpc) is 2.38. The van der Waals surface area contributed by atoms with Crippen molar-refractivity contribution in [2.45, 2.75) is 46.2 Å². The summed E-state index contributed by atoms with van der Waals surface area (Å²) < 4.78 is 0. The molecule has 1 unspecified atom stereocenters. The third-order valence-corrected chi connectivity index (χ3v) is 4.82. The first-order valence-corrected chi connectivity index (χ1v) is 7.17. The standard InChI is InChI=1S/C16H26N2/c1-4-16(5-2)11-18(12-16)13(3)15-8-6-14(10-17)7-9-15/h6-9,13H,4-5,10-12,17H2,1-3H3. The number of hydrogen-bond donors (Lipinski definition) is 1. The molecule has 1 aromatic carbocycles. The highest BCUT2D eigenvalue weighted by molar-refractivity contribution is 5.25. The zero-order valence-corrected chi connectivity index (χ0v) is 11.9. The molecule has 18 heavy (non-hydrogen) atoms. The second-order valence-corrected chi connectivity index (χ2v) is 5.73. The van der Waals surface area contributed by atoms with E-state index in [1.54, 1.807) is 0 Å². The summed E-state index contributed by atoms with van der Waals surface area (Å²) in [5.41, 5.74) is 8.85. The largest absolute Gasteiger partial charge is 0.326 e. The third kappa shape index (κ3) is 2.45. The fraction of sp³-hybridized carbons (Fsp3) is 0.625. The SMILES string of the molecule is CCC1(CC)CN(C(C)c2ccc(CN)cc2)C1. The summed E-state index contributed by atoms with van der Waals surface area (Å²) in [6.07, 6.45) is 2.61. The van der Waals surface area contributed by atoms with E-state index in [-0.39, 0.29) is 0 Å². The van der Waals surface area contributed by atoms with E-state index in [4.69, 9.17) is 5.73 Å².